The summed E-state index contributed by atoms with van der Waals surface area (Å²) in [5.74, 6) is 1.64. The molecule has 2 heterocycles. The summed E-state index contributed by atoms with van der Waals surface area (Å²) in [5.41, 5.74) is 1.36. The van der Waals surface area contributed by atoms with Crippen LogP contribution < -0.4 is 10.1 Å². The van der Waals surface area contributed by atoms with Crippen molar-refractivity contribution in [2.75, 3.05) is 13.2 Å². The molecule has 0 radical (unpaired) electrons. The van der Waals surface area contributed by atoms with Gasteiger partial charge in [-0.15, -0.1) is 11.3 Å². The second-order valence-corrected chi connectivity index (χ2v) is 7.85. The summed E-state index contributed by atoms with van der Waals surface area (Å²) in [6, 6.07) is 13.3. The molecule has 2 aromatic rings. The maximum absolute atomic E-state index is 5.78. The van der Waals surface area contributed by atoms with Crippen molar-refractivity contribution in [2.24, 2.45) is 0 Å². The van der Waals surface area contributed by atoms with Crippen LogP contribution in [0.15, 0.2) is 40.2 Å². The SMILES string of the molecule is CCNC(CC1CCOc2ccccc21)c1ccc(Br)s1. The van der Waals surface area contributed by atoms with Crippen LogP contribution in [0.4, 0.5) is 0 Å². The minimum absolute atomic E-state index is 0.419. The van der Waals surface area contributed by atoms with Crippen LogP contribution in [0, 0.1) is 0 Å². The molecule has 1 aliphatic rings. The van der Waals surface area contributed by atoms with Crippen LogP contribution in [-0.4, -0.2) is 13.2 Å². The smallest absolute Gasteiger partial charge is 0.122 e. The average Bonchev–Trinajstić information content (AvgIpc) is 2.94. The molecular formula is C17H20BrNOS. The van der Waals surface area contributed by atoms with Gasteiger partial charge in [0.25, 0.3) is 0 Å². The molecule has 112 valence electrons. The van der Waals surface area contributed by atoms with E-state index in [0.29, 0.717) is 12.0 Å². The van der Waals surface area contributed by atoms with Gasteiger partial charge >= 0.3 is 0 Å². The lowest BCUT2D eigenvalue weighted by molar-refractivity contribution is 0.256. The van der Waals surface area contributed by atoms with Crippen molar-refractivity contribution >= 4 is 27.3 Å². The molecule has 0 saturated heterocycles. The second-order valence-electron chi connectivity index (χ2n) is 5.36. The molecule has 1 aromatic carbocycles. The third-order valence-corrected chi connectivity index (χ3v) is 5.73. The van der Waals surface area contributed by atoms with E-state index in [0.717, 1.165) is 31.7 Å². The minimum atomic E-state index is 0.419. The third-order valence-electron chi connectivity index (χ3n) is 3.99. The van der Waals surface area contributed by atoms with Crippen molar-refractivity contribution < 1.29 is 4.74 Å². The normalized spacial score (nSPS) is 18.9. The van der Waals surface area contributed by atoms with Gasteiger partial charge in [-0.1, -0.05) is 25.1 Å². The fourth-order valence-corrected chi connectivity index (χ4v) is 4.52. The molecule has 2 unspecified atom stereocenters. The molecule has 0 saturated carbocycles. The van der Waals surface area contributed by atoms with Crippen molar-refractivity contribution in [1.29, 1.82) is 0 Å². The molecule has 1 N–H and O–H groups in total. The maximum atomic E-state index is 5.78. The van der Waals surface area contributed by atoms with Gasteiger partial charge in [0.1, 0.15) is 5.75 Å². The number of fused-ring (bicyclic) bond motifs is 1. The van der Waals surface area contributed by atoms with Crippen LogP contribution in [-0.2, 0) is 0 Å². The van der Waals surface area contributed by atoms with Crippen molar-refractivity contribution in [1.82, 2.24) is 5.32 Å². The Kier molecular flexibility index (Phi) is 4.99. The molecule has 2 nitrogen and oxygen atoms in total. The van der Waals surface area contributed by atoms with E-state index in [-0.39, 0.29) is 0 Å². The van der Waals surface area contributed by atoms with Gasteiger partial charge in [0.2, 0.25) is 0 Å². The topological polar surface area (TPSA) is 21.3 Å². The van der Waals surface area contributed by atoms with Gasteiger partial charge in [-0.3, -0.25) is 0 Å². The highest BCUT2D eigenvalue weighted by Gasteiger charge is 2.25. The Hall–Kier alpha value is -0.840. The monoisotopic (exact) mass is 365 g/mol. The van der Waals surface area contributed by atoms with Crippen molar-refractivity contribution in [2.45, 2.75) is 31.7 Å². The second kappa shape index (κ2) is 6.95. The molecule has 1 aliphatic heterocycles. The first-order valence-electron chi connectivity index (χ1n) is 7.48. The first kappa shape index (κ1) is 15.1. The van der Waals surface area contributed by atoms with Crippen LogP contribution in [0.3, 0.4) is 0 Å². The summed E-state index contributed by atoms with van der Waals surface area (Å²) in [7, 11) is 0. The fraction of sp³-hybridized carbons (Fsp3) is 0.412. The van der Waals surface area contributed by atoms with Crippen LogP contribution >= 0.6 is 27.3 Å². The molecule has 0 spiro atoms. The highest BCUT2D eigenvalue weighted by molar-refractivity contribution is 9.11. The number of hydrogen-bond donors (Lipinski definition) is 1. The van der Waals surface area contributed by atoms with Crippen molar-refractivity contribution in [3.05, 3.63) is 50.6 Å². The van der Waals surface area contributed by atoms with E-state index in [1.54, 1.807) is 0 Å². The summed E-state index contributed by atoms with van der Waals surface area (Å²) in [5, 5.41) is 3.64. The summed E-state index contributed by atoms with van der Waals surface area (Å²) in [4.78, 5) is 1.41. The predicted molar refractivity (Wildman–Crippen MR) is 92.3 cm³/mol. The molecule has 3 rings (SSSR count). The van der Waals surface area contributed by atoms with E-state index in [9.17, 15) is 0 Å². The lowest BCUT2D eigenvalue weighted by Crippen LogP contribution is -2.24. The number of rotatable bonds is 5. The Morgan fingerprint density at radius 3 is 2.95 bits per heavy atom. The minimum Gasteiger partial charge on any atom is -0.493 e. The summed E-state index contributed by atoms with van der Waals surface area (Å²) in [6.45, 7) is 3.99. The molecule has 0 bridgehead atoms. The van der Waals surface area contributed by atoms with Gasteiger partial charge in [0, 0.05) is 10.9 Å². The van der Waals surface area contributed by atoms with Gasteiger partial charge in [0.15, 0.2) is 0 Å². The van der Waals surface area contributed by atoms with Crippen LogP contribution in [0.25, 0.3) is 0 Å². The molecule has 2 atom stereocenters. The number of benzene rings is 1. The Balaban J connectivity index is 1.80. The predicted octanol–water partition coefficient (Wildman–Crippen LogP) is 5.12. The van der Waals surface area contributed by atoms with Gasteiger partial charge in [-0.25, -0.2) is 0 Å². The van der Waals surface area contributed by atoms with Gasteiger partial charge < -0.3 is 10.1 Å². The molecule has 0 aliphatic carbocycles. The summed E-state index contributed by atoms with van der Waals surface area (Å²) in [6.07, 6.45) is 2.23. The number of thiophene rings is 1. The zero-order valence-electron chi connectivity index (χ0n) is 12.1. The highest BCUT2D eigenvalue weighted by atomic mass is 79.9. The number of ether oxygens (including phenoxy) is 1. The summed E-state index contributed by atoms with van der Waals surface area (Å²) >= 11 is 5.40. The fourth-order valence-electron chi connectivity index (χ4n) is 3.01. The number of hydrogen-bond acceptors (Lipinski definition) is 3. The van der Waals surface area contributed by atoms with Gasteiger partial charge in [-0.05, 0) is 65.0 Å². The molecule has 21 heavy (non-hydrogen) atoms. The number of halogens is 1. The maximum Gasteiger partial charge on any atom is 0.122 e. The Morgan fingerprint density at radius 1 is 1.33 bits per heavy atom. The van der Waals surface area contributed by atoms with Crippen LogP contribution in [0.2, 0.25) is 0 Å². The lowest BCUT2D eigenvalue weighted by atomic mass is 9.87. The molecule has 0 amide bonds. The van der Waals surface area contributed by atoms with E-state index in [4.69, 9.17) is 4.74 Å². The Bertz CT molecular complexity index is 598. The van der Waals surface area contributed by atoms with Crippen molar-refractivity contribution in [3.8, 4) is 5.75 Å². The molecule has 0 fully saturated rings. The quantitative estimate of drug-likeness (QED) is 0.793. The van der Waals surface area contributed by atoms with E-state index >= 15 is 0 Å². The molecular weight excluding hydrogens is 346 g/mol. The third kappa shape index (κ3) is 3.50. The number of nitrogens with one attached hydrogen (secondary N) is 1. The lowest BCUT2D eigenvalue weighted by Gasteiger charge is -2.29. The Morgan fingerprint density at radius 2 is 2.19 bits per heavy atom. The van der Waals surface area contributed by atoms with Crippen LogP contribution in [0.1, 0.15) is 42.2 Å². The van der Waals surface area contributed by atoms with Gasteiger partial charge in [-0.2, -0.15) is 0 Å². The number of para-hydroxylation sites is 1. The average molecular weight is 366 g/mol. The van der Waals surface area contributed by atoms with E-state index in [1.165, 1.54) is 14.2 Å². The first-order valence-corrected chi connectivity index (χ1v) is 9.09. The zero-order chi connectivity index (χ0) is 14.7. The first-order chi connectivity index (χ1) is 10.3. The summed E-state index contributed by atoms with van der Waals surface area (Å²) < 4.78 is 6.98. The Labute approximate surface area is 138 Å². The molecule has 1 aromatic heterocycles. The standard InChI is InChI=1S/C17H20BrNOS/c1-2-19-14(16-7-8-17(18)21-16)11-12-9-10-20-15-6-4-3-5-13(12)15/h3-8,12,14,19H,2,9-11H2,1H3. The highest BCUT2D eigenvalue weighted by Crippen LogP contribution is 2.40. The van der Waals surface area contributed by atoms with Crippen LogP contribution in [0.5, 0.6) is 5.75 Å². The van der Waals surface area contributed by atoms with E-state index in [2.05, 4.69) is 64.6 Å². The van der Waals surface area contributed by atoms with Crippen molar-refractivity contribution in [3.63, 3.8) is 0 Å². The van der Waals surface area contributed by atoms with E-state index in [1.807, 2.05) is 11.3 Å². The van der Waals surface area contributed by atoms with E-state index < -0.39 is 0 Å². The zero-order valence-corrected chi connectivity index (χ0v) is 14.5. The largest absolute Gasteiger partial charge is 0.493 e. The van der Waals surface area contributed by atoms with Gasteiger partial charge in [0.05, 0.1) is 10.4 Å². The molecule has 4 heteroatoms.